The van der Waals surface area contributed by atoms with Gasteiger partial charge >= 0.3 is 0 Å². The van der Waals surface area contributed by atoms with Gasteiger partial charge in [-0.25, -0.2) is 0 Å². The highest BCUT2D eigenvalue weighted by Gasteiger charge is 2.26. The van der Waals surface area contributed by atoms with Crippen molar-refractivity contribution in [2.75, 3.05) is 0 Å². The van der Waals surface area contributed by atoms with Crippen molar-refractivity contribution in [1.82, 2.24) is 0 Å². The minimum atomic E-state index is 1.15. The molecule has 0 fully saturated rings. The Bertz CT molecular complexity index is 1070. The summed E-state index contributed by atoms with van der Waals surface area (Å²) in [6.45, 7) is 3.83. The highest BCUT2D eigenvalue weighted by molar-refractivity contribution is 7.13. The Labute approximate surface area is 162 Å². The maximum Gasteiger partial charge on any atom is 0.0777 e. The largest absolute Gasteiger partial charge is 0.131 e. The van der Waals surface area contributed by atoms with Gasteiger partial charge in [0.2, 0.25) is 0 Å². The van der Waals surface area contributed by atoms with Crippen LogP contribution in [0.5, 0.6) is 0 Å². The summed E-state index contributed by atoms with van der Waals surface area (Å²) < 4.78 is 0. The average Bonchev–Trinajstić information content (AvgIpc) is 3.24. The monoisotopic (exact) mass is 370 g/mol. The van der Waals surface area contributed by atoms with E-state index in [1.54, 1.807) is 11.1 Å². The summed E-state index contributed by atoms with van der Waals surface area (Å²) in [5, 5.41) is 0. The fourth-order valence-electron chi connectivity index (χ4n) is 4.30. The predicted octanol–water partition coefficient (Wildman–Crippen LogP) is 6.08. The van der Waals surface area contributed by atoms with E-state index in [1.165, 1.54) is 41.8 Å². The normalized spacial score (nSPS) is 13.3. The van der Waals surface area contributed by atoms with E-state index in [0.29, 0.717) is 0 Å². The zero-order valence-corrected chi connectivity index (χ0v) is 16.6. The molecule has 0 saturated heterocycles. The number of fused-ring (bicyclic) bond motifs is 7. The molecule has 5 rings (SSSR count). The zero-order valence-electron chi connectivity index (χ0n) is 15.0. The van der Waals surface area contributed by atoms with Crippen LogP contribution < -0.4 is 0 Å². The van der Waals surface area contributed by atoms with Gasteiger partial charge in [0.05, 0.1) is 9.75 Å². The second-order valence-electron chi connectivity index (χ2n) is 6.76. The maximum atomic E-state index is 3.24. The third-order valence-corrected chi connectivity index (χ3v) is 7.55. The molecule has 2 aliphatic rings. The van der Waals surface area contributed by atoms with E-state index < -0.39 is 0 Å². The minimum absolute atomic E-state index is 1.15. The number of benzene rings is 1. The number of thiophene rings is 2. The molecule has 126 valence electrons. The Hall–Kier alpha value is -2.26. The molecule has 2 aromatic heterocycles. The fraction of sp³-hybridized carbons (Fsp3) is 0.250. The molecule has 0 N–H and O–H groups in total. The molecule has 26 heavy (non-hydrogen) atoms. The first-order chi connectivity index (χ1) is 12.8. The Kier molecular flexibility index (Phi) is 3.79. The van der Waals surface area contributed by atoms with E-state index in [4.69, 9.17) is 0 Å². The van der Waals surface area contributed by atoms with Gasteiger partial charge in [-0.3, -0.25) is 0 Å². The molecule has 0 spiro atoms. The van der Waals surface area contributed by atoms with Gasteiger partial charge in [0.15, 0.2) is 0 Å². The summed E-state index contributed by atoms with van der Waals surface area (Å²) in [5.74, 6) is 12.6. The van der Waals surface area contributed by atoms with Crippen molar-refractivity contribution < 1.29 is 0 Å². The number of hydrogen-bond acceptors (Lipinski definition) is 2. The van der Waals surface area contributed by atoms with Crippen LogP contribution in [-0.2, 0) is 25.7 Å². The Morgan fingerprint density at radius 1 is 0.654 bits per heavy atom. The van der Waals surface area contributed by atoms with Crippen molar-refractivity contribution >= 4 is 22.7 Å². The van der Waals surface area contributed by atoms with Crippen LogP contribution in [0, 0.1) is 23.7 Å². The topological polar surface area (TPSA) is 0 Å². The summed E-state index contributed by atoms with van der Waals surface area (Å²) in [4.78, 5) is 5.41. The SMILES string of the molecule is CC#Cc1cc2c(s1)CCc1c-2ccc2c1CCc1sc(C#CC)cc1-2. The third kappa shape index (κ3) is 2.38. The zero-order chi connectivity index (χ0) is 17.7. The minimum Gasteiger partial charge on any atom is -0.131 e. The lowest BCUT2D eigenvalue weighted by Gasteiger charge is -2.25. The molecule has 0 nitrogen and oxygen atoms in total. The van der Waals surface area contributed by atoms with Crippen LogP contribution in [0.4, 0.5) is 0 Å². The van der Waals surface area contributed by atoms with Crippen LogP contribution in [0.1, 0.15) is 44.5 Å². The Morgan fingerprint density at radius 3 is 1.54 bits per heavy atom. The standard InChI is InChI=1S/C24H18S2/c1-3-5-15-13-21-19-7-8-20-18(17(19)9-11-23(21)25-15)10-12-24-22(20)14-16(26-24)6-4-2/h7-8,13-14H,9-12H2,1-2H3. The molecule has 2 heterocycles. The lowest BCUT2D eigenvalue weighted by molar-refractivity contribution is 0.892. The summed E-state index contributed by atoms with van der Waals surface area (Å²) in [5.41, 5.74) is 8.87. The summed E-state index contributed by atoms with van der Waals surface area (Å²) >= 11 is 3.74. The predicted molar refractivity (Wildman–Crippen MR) is 113 cm³/mol. The van der Waals surface area contributed by atoms with Gasteiger partial charge in [-0.1, -0.05) is 24.0 Å². The first-order valence-electron chi connectivity index (χ1n) is 9.05. The summed E-state index contributed by atoms with van der Waals surface area (Å²) in [6, 6.07) is 9.29. The molecule has 0 saturated carbocycles. The van der Waals surface area contributed by atoms with E-state index in [1.807, 2.05) is 36.5 Å². The van der Waals surface area contributed by atoms with Gasteiger partial charge < -0.3 is 0 Å². The van der Waals surface area contributed by atoms with Crippen LogP contribution in [0.3, 0.4) is 0 Å². The first kappa shape index (κ1) is 16.0. The first-order valence-corrected chi connectivity index (χ1v) is 10.7. The average molecular weight is 371 g/mol. The molecule has 3 aromatic rings. The number of aryl methyl sites for hydroxylation is 2. The second-order valence-corrected chi connectivity index (χ2v) is 9.04. The molecule has 2 heteroatoms. The lowest BCUT2D eigenvalue weighted by Crippen LogP contribution is -2.10. The van der Waals surface area contributed by atoms with Crippen molar-refractivity contribution in [2.45, 2.75) is 39.5 Å². The molecule has 0 bridgehead atoms. The molecule has 0 aliphatic heterocycles. The van der Waals surface area contributed by atoms with Crippen molar-refractivity contribution in [3.63, 3.8) is 0 Å². The molecule has 2 aliphatic carbocycles. The van der Waals surface area contributed by atoms with Gasteiger partial charge in [-0.2, -0.15) is 0 Å². The number of hydrogen-bond donors (Lipinski definition) is 0. The molecule has 0 atom stereocenters. The van der Waals surface area contributed by atoms with Gasteiger partial charge in [0, 0.05) is 9.75 Å². The van der Waals surface area contributed by atoms with Gasteiger partial charge in [0.25, 0.3) is 0 Å². The van der Waals surface area contributed by atoms with Crippen LogP contribution in [0.25, 0.3) is 22.3 Å². The second kappa shape index (κ2) is 6.17. The highest BCUT2D eigenvalue weighted by Crippen LogP contribution is 2.46. The third-order valence-electron chi connectivity index (χ3n) is 5.33. The molecular weight excluding hydrogens is 352 g/mol. The van der Waals surface area contributed by atoms with Gasteiger partial charge in [-0.15, -0.1) is 34.5 Å². The van der Waals surface area contributed by atoms with Crippen LogP contribution in [-0.4, -0.2) is 0 Å². The van der Waals surface area contributed by atoms with Crippen molar-refractivity contribution in [2.24, 2.45) is 0 Å². The fourth-order valence-corrected chi connectivity index (χ4v) is 6.46. The Morgan fingerprint density at radius 2 is 1.12 bits per heavy atom. The van der Waals surface area contributed by atoms with Crippen molar-refractivity contribution in [1.29, 1.82) is 0 Å². The van der Waals surface area contributed by atoms with Gasteiger partial charge in [-0.05, 0) is 85.0 Å². The summed E-state index contributed by atoms with van der Waals surface area (Å²) in [7, 11) is 0. The van der Waals surface area contributed by atoms with E-state index in [0.717, 1.165) is 25.7 Å². The van der Waals surface area contributed by atoms with Crippen molar-refractivity contribution in [3.8, 4) is 45.9 Å². The van der Waals surface area contributed by atoms with Gasteiger partial charge in [0.1, 0.15) is 0 Å². The van der Waals surface area contributed by atoms with E-state index >= 15 is 0 Å². The molecule has 0 unspecified atom stereocenters. The van der Waals surface area contributed by atoms with Crippen LogP contribution >= 0.6 is 22.7 Å². The van der Waals surface area contributed by atoms with E-state index in [2.05, 4.69) is 47.9 Å². The maximum absolute atomic E-state index is 3.24. The Balaban J connectivity index is 1.67. The highest BCUT2D eigenvalue weighted by atomic mass is 32.1. The van der Waals surface area contributed by atoms with Crippen LogP contribution in [0.2, 0.25) is 0 Å². The number of rotatable bonds is 0. The lowest BCUT2D eigenvalue weighted by atomic mass is 9.80. The van der Waals surface area contributed by atoms with E-state index in [-0.39, 0.29) is 0 Å². The molecular formula is C24H18S2. The van der Waals surface area contributed by atoms with E-state index in [9.17, 15) is 0 Å². The summed E-state index contributed by atoms with van der Waals surface area (Å²) in [6.07, 6.45) is 4.62. The van der Waals surface area contributed by atoms with Crippen molar-refractivity contribution in [3.05, 3.63) is 54.9 Å². The smallest absolute Gasteiger partial charge is 0.0777 e. The molecule has 1 aromatic carbocycles. The van der Waals surface area contributed by atoms with Crippen LogP contribution in [0.15, 0.2) is 24.3 Å². The molecule has 0 amide bonds. The molecule has 0 radical (unpaired) electrons. The quantitative estimate of drug-likeness (QED) is 0.420.